The van der Waals surface area contributed by atoms with Crippen LogP contribution in [-0.2, 0) is 9.53 Å². The highest BCUT2D eigenvalue weighted by atomic mass is 35.5. The van der Waals surface area contributed by atoms with Crippen molar-refractivity contribution >= 4 is 29.2 Å². The van der Waals surface area contributed by atoms with Crippen LogP contribution in [0.2, 0.25) is 0 Å². The normalized spacial score (nSPS) is 13.7. The molecular weight excluding hydrogens is 343 g/mol. The SMILES string of the molecule is CCCCCCCC[C@@H](Cl)[C@H](Cl)CCCCCCCC(=O)OCC. The van der Waals surface area contributed by atoms with E-state index in [0.717, 1.165) is 38.5 Å². The molecule has 0 bridgehead atoms. The topological polar surface area (TPSA) is 26.3 Å². The molecule has 144 valence electrons. The first-order valence-corrected chi connectivity index (χ1v) is 10.9. The van der Waals surface area contributed by atoms with Gasteiger partial charge in [0.15, 0.2) is 0 Å². The van der Waals surface area contributed by atoms with Crippen LogP contribution in [-0.4, -0.2) is 23.3 Å². The maximum Gasteiger partial charge on any atom is 0.305 e. The lowest BCUT2D eigenvalue weighted by molar-refractivity contribution is -0.143. The Morgan fingerprint density at radius 2 is 1.21 bits per heavy atom. The Balaban J connectivity index is 3.41. The summed E-state index contributed by atoms with van der Waals surface area (Å²) in [6, 6.07) is 0. The molecule has 0 saturated carbocycles. The number of carbonyl (C=O) groups is 1. The standard InChI is InChI=1S/C20H38Cl2O2/c1-3-5-6-7-9-12-15-18(21)19(22)16-13-10-8-11-14-17-20(23)24-4-2/h18-19H,3-17H2,1-2H3/t18-,19-/m1/s1. The number of alkyl halides is 2. The summed E-state index contributed by atoms with van der Waals surface area (Å²) in [7, 11) is 0. The Labute approximate surface area is 160 Å². The predicted molar refractivity (Wildman–Crippen MR) is 106 cm³/mol. The van der Waals surface area contributed by atoms with E-state index in [-0.39, 0.29) is 16.7 Å². The average Bonchev–Trinajstić information content (AvgIpc) is 2.56. The fourth-order valence-corrected chi connectivity index (χ4v) is 3.41. The highest BCUT2D eigenvalue weighted by Crippen LogP contribution is 2.23. The van der Waals surface area contributed by atoms with Crippen LogP contribution < -0.4 is 0 Å². The second-order valence-electron chi connectivity index (χ2n) is 6.70. The van der Waals surface area contributed by atoms with E-state index in [0.29, 0.717) is 13.0 Å². The van der Waals surface area contributed by atoms with Gasteiger partial charge < -0.3 is 4.74 Å². The van der Waals surface area contributed by atoms with E-state index in [9.17, 15) is 4.79 Å². The molecule has 0 amide bonds. The third-order valence-electron chi connectivity index (χ3n) is 4.39. The van der Waals surface area contributed by atoms with Crippen molar-refractivity contribution in [3.8, 4) is 0 Å². The molecule has 0 aromatic carbocycles. The molecule has 0 aliphatic rings. The van der Waals surface area contributed by atoms with Gasteiger partial charge in [0, 0.05) is 17.2 Å². The van der Waals surface area contributed by atoms with Gasteiger partial charge in [0.05, 0.1) is 6.61 Å². The van der Waals surface area contributed by atoms with Crippen LogP contribution in [0.4, 0.5) is 0 Å². The van der Waals surface area contributed by atoms with E-state index < -0.39 is 0 Å². The zero-order chi connectivity index (χ0) is 18.0. The van der Waals surface area contributed by atoms with Crippen LogP contribution in [0.15, 0.2) is 0 Å². The lowest BCUT2D eigenvalue weighted by Crippen LogP contribution is -2.14. The molecule has 0 aromatic rings. The summed E-state index contributed by atoms with van der Waals surface area (Å²) in [5, 5.41) is 0.212. The van der Waals surface area contributed by atoms with Gasteiger partial charge in [0.1, 0.15) is 0 Å². The molecule has 0 spiro atoms. The van der Waals surface area contributed by atoms with Crippen molar-refractivity contribution in [1.29, 1.82) is 0 Å². The van der Waals surface area contributed by atoms with E-state index in [1.165, 1.54) is 44.9 Å². The third-order valence-corrected chi connectivity index (χ3v) is 5.57. The van der Waals surface area contributed by atoms with Crippen molar-refractivity contribution in [3.05, 3.63) is 0 Å². The summed E-state index contributed by atoms with van der Waals surface area (Å²) in [6.07, 6.45) is 15.9. The first-order chi connectivity index (χ1) is 11.6. The Bertz CT molecular complexity index is 285. The van der Waals surface area contributed by atoms with Crippen molar-refractivity contribution < 1.29 is 9.53 Å². The number of esters is 1. The van der Waals surface area contributed by atoms with Gasteiger partial charge in [-0.2, -0.15) is 0 Å². The van der Waals surface area contributed by atoms with Crippen molar-refractivity contribution in [2.45, 2.75) is 114 Å². The molecule has 0 heterocycles. The minimum Gasteiger partial charge on any atom is -0.466 e. The van der Waals surface area contributed by atoms with Gasteiger partial charge in [0.2, 0.25) is 0 Å². The van der Waals surface area contributed by atoms with Crippen molar-refractivity contribution in [1.82, 2.24) is 0 Å². The quantitative estimate of drug-likeness (QED) is 0.151. The zero-order valence-electron chi connectivity index (χ0n) is 15.8. The van der Waals surface area contributed by atoms with Gasteiger partial charge in [-0.15, -0.1) is 23.2 Å². The minimum atomic E-state index is -0.0713. The molecule has 0 saturated heterocycles. The van der Waals surface area contributed by atoms with Gasteiger partial charge in [-0.3, -0.25) is 4.79 Å². The maximum atomic E-state index is 11.2. The Kier molecular flexibility index (Phi) is 17.9. The smallest absolute Gasteiger partial charge is 0.305 e. The minimum absolute atomic E-state index is 0.0713. The number of hydrogen-bond acceptors (Lipinski definition) is 2. The summed E-state index contributed by atoms with van der Waals surface area (Å²) in [5.41, 5.74) is 0. The van der Waals surface area contributed by atoms with Gasteiger partial charge in [-0.1, -0.05) is 71.1 Å². The van der Waals surface area contributed by atoms with Gasteiger partial charge in [0.25, 0.3) is 0 Å². The summed E-state index contributed by atoms with van der Waals surface area (Å²) in [6.45, 7) is 4.57. The zero-order valence-corrected chi connectivity index (χ0v) is 17.3. The van der Waals surface area contributed by atoms with Crippen LogP contribution in [0, 0.1) is 0 Å². The first kappa shape index (κ1) is 24.1. The molecule has 0 fully saturated rings. The van der Waals surface area contributed by atoms with Crippen LogP contribution >= 0.6 is 23.2 Å². The Morgan fingerprint density at radius 3 is 1.71 bits per heavy atom. The fraction of sp³-hybridized carbons (Fsp3) is 0.950. The molecule has 0 aliphatic heterocycles. The molecule has 0 aromatic heterocycles. The summed E-state index contributed by atoms with van der Waals surface area (Å²) in [4.78, 5) is 11.2. The van der Waals surface area contributed by atoms with Gasteiger partial charge in [-0.05, 0) is 26.2 Å². The van der Waals surface area contributed by atoms with Crippen LogP contribution in [0.25, 0.3) is 0 Å². The molecule has 24 heavy (non-hydrogen) atoms. The number of hydrogen-bond donors (Lipinski definition) is 0. The van der Waals surface area contributed by atoms with E-state index >= 15 is 0 Å². The molecule has 4 heteroatoms. The molecule has 0 aliphatic carbocycles. The highest BCUT2D eigenvalue weighted by Gasteiger charge is 2.15. The molecule has 0 N–H and O–H groups in total. The van der Waals surface area contributed by atoms with Gasteiger partial charge in [-0.25, -0.2) is 0 Å². The fourth-order valence-electron chi connectivity index (χ4n) is 2.85. The Hall–Kier alpha value is 0.0500. The Morgan fingerprint density at radius 1 is 0.750 bits per heavy atom. The molecule has 0 radical (unpaired) electrons. The molecule has 2 atom stereocenters. The molecule has 0 rings (SSSR count). The van der Waals surface area contributed by atoms with E-state index in [1.807, 2.05) is 6.92 Å². The van der Waals surface area contributed by atoms with E-state index in [4.69, 9.17) is 27.9 Å². The number of carbonyl (C=O) groups excluding carboxylic acids is 1. The second kappa shape index (κ2) is 17.9. The monoisotopic (exact) mass is 380 g/mol. The van der Waals surface area contributed by atoms with Crippen LogP contribution in [0.3, 0.4) is 0 Å². The lowest BCUT2D eigenvalue weighted by Gasteiger charge is -2.16. The third kappa shape index (κ3) is 15.6. The van der Waals surface area contributed by atoms with Gasteiger partial charge >= 0.3 is 5.97 Å². The highest BCUT2D eigenvalue weighted by molar-refractivity contribution is 6.29. The van der Waals surface area contributed by atoms with Crippen molar-refractivity contribution in [2.24, 2.45) is 0 Å². The van der Waals surface area contributed by atoms with E-state index in [2.05, 4.69) is 6.92 Å². The van der Waals surface area contributed by atoms with E-state index in [1.54, 1.807) is 0 Å². The summed E-state index contributed by atoms with van der Waals surface area (Å²) in [5.74, 6) is -0.0713. The maximum absolute atomic E-state index is 11.2. The number of unbranched alkanes of at least 4 members (excludes halogenated alkanes) is 9. The lowest BCUT2D eigenvalue weighted by atomic mass is 10.0. The number of ether oxygens (including phenoxy) is 1. The molecule has 0 unspecified atom stereocenters. The number of halogens is 2. The largest absolute Gasteiger partial charge is 0.466 e. The number of rotatable bonds is 17. The second-order valence-corrected chi connectivity index (χ2v) is 7.82. The average molecular weight is 381 g/mol. The first-order valence-electron chi connectivity index (χ1n) is 10.1. The predicted octanol–water partition coefficient (Wildman–Crippen LogP) is 7.25. The van der Waals surface area contributed by atoms with Crippen molar-refractivity contribution in [3.63, 3.8) is 0 Å². The summed E-state index contributed by atoms with van der Waals surface area (Å²) < 4.78 is 4.92. The summed E-state index contributed by atoms with van der Waals surface area (Å²) >= 11 is 12.8. The van der Waals surface area contributed by atoms with Crippen LogP contribution in [0.5, 0.6) is 0 Å². The molecule has 2 nitrogen and oxygen atoms in total. The molecular formula is C20H38Cl2O2. The van der Waals surface area contributed by atoms with Crippen molar-refractivity contribution in [2.75, 3.05) is 6.61 Å². The van der Waals surface area contributed by atoms with Crippen LogP contribution in [0.1, 0.15) is 104 Å².